The van der Waals surface area contributed by atoms with E-state index in [9.17, 15) is 4.57 Å². The van der Waals surface area contributed by atoms with Gasteiger partial charge in [-0.2, -0.15) is 0 Å². The van der Waals surface area contributed by atoms with Crippen LogP contribution in [0.3, 0.4) is 0 Å². The van der Waals surface area contributed by atoms with Crippen LogP contribution < -0.4 is 5.09 Å². The Morgan fingerprint density at radius 3 is 1.88 bits per heavy atom. The first-order valence-corrected chi connectivity index (χ1v) is 5.22. The molecule has 0 atom stereocenters. The average Bonchev–Trinajstić information content (AvgIpc) is 1.87. The van der Waals surface area contributed by atoms with Crippen molar-refractivity contribution in [2.24, 2.45) is 0 Å². The molecule has 0 fully saturated rings. The SMILES string of the molecule is CNP(=O)(CCl)CCl. The zero-order chi connectivity index (χ0) is 6.62. The highest BCUT2D eigenvalue weighted by Gasteiger charge is 2.14. The van der Waals surface area contributed by atoms with Gasteiger partial charge in [-0.05, 0) is 7.05 Å². The molecule has 0 amide bonds. The molecule has 50 valence electrons. The van der Waals surface area contributed by atoms with Gasteiger partial charge < -0.3 is 4.57 Å². The van der Waals surface area contributed by atoms with Crippen LogP contribution in [0.4, 0.5) is 0 Å². The summed E-state index contributed by atoms with van der Waals surface area (Å²) in [6.45, 7) is 0. The Bertz CT molecular complexity index is 88.4. The Labute approximate surface area is 59.0 Å². The van der Waals surface area contributed by atoms with Crippen LogP contribution in [0.5, 0.6) is 0 Å². The maximum atomic E-state index is 10.9. The maximum absolute atomic E-state index is 10.9. The largest absolute Gasteiger partial charge is 0.304 e. The lowest BCUT2D eigenvalue weighted by atomic mass is 11.6. The highest BCUT2D eigenvalue weighted by Crippen LogP contribution is 2.41. The fourth-order valence-electron chi connectivity index (χ4n) is 0.151. The number of alkyl halides is 2. The average molecular weight is 176 g/mol. The van der Waals surface area contributed by atoms with Gasteiger partial charge in [0.05, 0.1) is 11.2 Å². The van der Waals surface area contributed by atoms with Crippen LogP contribution in [0.15, 0.2) is 0 Å². The molecule has 0 saturated carbocycles. The van der Waals surface area contributed by atoms with Gasteiger partial charge in [0.15, 0.2) is 7.29 Å². The molecule has 0 heterocycles. The monoisotopic (exact) mass is 175 g/mol. The normalized spacial score (nSPS) is 11.9. The van der Waals surface area contributed by atoms with E-state index in [2.05, 4.69) is 5.09 Å². The molecule has 0 saturated heterocycles. The summed E-state index contributed by atoms with van der Waals surface area (Å²) in [4.78, 5) is 0. The Balaban J connectivity index is 3.79. The van der Waals surface area contributed by atoms with Crippen LogP contribution in [0.1, 0.15) is 0 Å². The lowest BCUT2D eigenvalue weighted by Crippen LogP contribution is -2.04. The van der Waals surface area contributed by atoms with Crippen LogP contribution in [-0.4, -0.2) is 18.3 Å². The van der Waals surface area contributed by atoms with Crippen molar-refractivity contribution in [2.75, 3.05) is 18.3 Å². The molecule has 0 radical (unpaired) electrons. The number of nitrogens with one attached hydrogen (secondary N) is 1. The zero-order valence-corrected chi connectivity index (χ0v) is 6.93. The summed E-state index contributed by atoms with van der Waals surface area (Å²) in [5, 5.41) is 2.57. The topological polar surface area (TPSA) is 29.1 Å². The summed E-state index contributed by atoms with van der Waals surface area (Å²) < 4.78 is 10.9. The predicted octanol–water partition coefficient (Wildman–Crippen LogP) is 1.88. The number of rotatable bonds is 3. The second-order valence-electron chi connectivity index (χ2n) is 1.35. The molecule has 0 aliphatic rings. The summed E-state index contributed by atoms with van der Waals surface area (Å²) in [7, 11) is -0.792. The molecular weight excluding hydrogens is 168 g/mol. The van der Waals surface area contributed by atoms with Gasteiger partial charge >= 0.3 is 0 Å². The third-order valence-corrected chi connectivity index (χ3v) is 4.70. The van der Waals surface area contributed by atoms with Gasteiger partial charge in [-0.3, -0.25) is 5.09 Å². The van der Waals surface area contributed by atoms with Crippen LogP contribution in [0.25, 0.3) is 0 Å². The van der Waals surface area contributed by atoms with Gasteiger partial charge in [-0.15, -0.1) is 23.2 Å². The fourth-order valence-corrected chi connectivity index (χ4v) is 1.94. The summed E-state index contributed by atoms with van der Waals surface area (Å²) >= 11 is 10.6. The molecule has 2 nitrogen and oxygen atoms in total. The molecule has 0 aliphatic carbocycles. The van der Waals surface area contributed by atoms with Gasteiger partial charge in [0, 0.05) is 0 Å². The quantitative estimate of drug-likeness (QED) is 0.525. The molecular formula is C3H8Cl2NOP. The van der Waals surface area contributed by atoms with Crippen molar-refractivity contribution in [1.82, 2.24) is 5.09 Å². The van der Waals surface area contributed by atoms with Gasteiger partial charge in [-0.25, -0.2) is 0 Å². The molecule has 0 aliphatic heterocycles. The van der Waals surface area contributed by atoms with E-state index in [0.29, 0.717) is 0 Å². The molecule has 1 N–H and O–H groups in total. The van der Waals surface area contributed by atoms with Crippen molar-refractivity contribution in [1.29, 1.82) is 0 Å². The number of hydrogen-bond donors (Lipinski definition) is 1. The molecule has 0 spiro atoms. The van der Waals surface area contributed by atoms with E-state index in [1.165, 1.54) is 0 Å². The van der Waals surface area contributed by atoms with Crippen molar-refractivity contribution < 1.29 is 4.57 Å². The molecule has 0 unspecified atom stereocenters. The lowest BCUT2D eigenvalue weighted by molar-refractivity contribution is 0.575. The van der Waals surface area contributed by atoms with Crippen LogP contribution in [-0.2, 0) is 4.57 Å². The van der Waals surface area contributed by atoms with E-state index in [0.717, 1.165) is 0 Å². The first kappa shape index (κ1) is 8.77. The molecule has 0 aromatic carbocycles. The maximum Gasteiger partial charge on any atom is 0.175 e. The van der Waals surface area contributed by atoms with E-state index in [-0.39, 0.29) is 11.2 Å². The summed E-state index contributed by atoms with van der Waals surface area (Å²) in [6.07, 6.45) is 0. The Kier molecular flexibility index (Phi) is 4.09. The molecule has 0 bridgehead atoms. The molecule has 0 aromatic rings. The number of hydrogen-bond acceptors (Lipinski definition) is 1. The second kappa shape index (κ2) is 3.73. The summed E-state index contributed by atoms with van der Waals surface area (Å²) in [5.41, 5.74) is 0.208. The van der Waals surface area contributed by atoms with Crippen LogP contribution in [0, 0.1) is 0 Å². The zero-order valence-electron chi connectivity index (χ0n) is 4.53. The van der Waals surface area contributed by atoms with Crippen molar-refractivity contribution in [3.05, 3.63) is 0 Å². The van der Waals surface area contributed by atoms with Crippen molar-refractivity contribution in [3.8, 4) is 0 Å². The van der Waals surface area contributed by atoms with Crippen molar-refractivity contribution in [2.45, 2.75) is 0 Å². The molecule has 5 heteroatoms. The summed E-state index contributed by atoms with van der Waals surface area (Å²) in [6, 6.07) is 0. The third-order valence-electron chi connectivity index (χ3n) is 0.794. The standard InChI is InChI=1S/C3H8Cl2NOP/c1-6-8(7,2-4)3-5/h2-3H2,1H3,(H,6,7). The first-order chi connectivity index (χ1) is 3.68. The predicted molar refractivity (Wildman–Crippen MR) is 38.1 cm³/mol. The van der Waals surface area contributed by atoms with Crippen LogP contribution in [0.2, 0.25) is 0 Å². The Morgan fingerprint density at radius 2 is 1.88 bits per heavy atom. The minimum atomic E-state index is -2.38. The van der Waals surface area contributed by atoms with E-state index in [4.69, 9.17) is 23.2 Å². The van der Waals surface area contributed by atoms with E-state index in [1.807, 2.05) is 0 Å². The number of halogens is 2. The summed E-state index contributed by atoms with van der Waals surface area (Å²) in [5.74, 6) is 0. The van der Waals surface area contributed by atoms with E-state index >= 15 is 0 Å². The van der Waals surface area contributed by atoms with Crippen LogP contribution >= 0.6 is 30.5 Å². The lowest BCUT2D eigenvalue weighted by Gasteiger charge is -2.07. The van der Waals surface area contributed by atoms with Gasteiger partial charge in [0.1, 0.15) is 0 Å². The third kappa shape index (κ3) is 2.36. The van der Waals surface area contributed by atoms with Gasteiger partial charge in [0.25, 0.3) is 0 Å². The Hall–Kier alpha value is 0.770. The minimum Gasteiger partial charge on any atom is -0.304 e. The molecule has 0 rings (SSSR count). The second-order valence-corrected chi connectivity index (χ2v) is 5.49. The Morgan fingerprint density at radius 1 is 1.50 bits per heavy atom. The highest BCUT2D eigenvalue weighted by molar-refractivity contribution is 7.64. The first-order valence-electron chi connectivity index (χ1n) is 2.07. The molecule has 0 aromatic heterocycles. The smallest absolute Gasteiger partial charge is 0.175 e. The van der Waals surface area contributed by atoms with Crippen molar-refractivity contribution in [3.63, 3.8) is 0 Å². The molecule has 8 heavy (non-hydrogen) atoms. The van der Waals surface area contributed by atoms with Gasteiger partial charge in [-0.1, -0.05) is 0 Å². The fraction of sp³-hybridized carbons (Fsp3) is 1.00. The van der Waals surface area contributed by atoms with E-state index < -0.39 is 7.29 Å². The van der Waals surface area contributed by atoms with Crippen molar-refractivity contribution >= 4 is 30.5 Å². The van der Waals surface area contributed by atoms with E-state index in [1.54, 1.807) is 7.05 Å². The minimum absolute atomic E-state index is 0.104. The van der Waals surface area contributed by atoms with Gasteiger partial charge in [0.2, 0.25) is 0 Å². The highest BCUT2D eigenvalue weighted by atomic mass is 35.5.